The summed E-state index contributed by atoms with van der Waals surface area (Å²) in [6, 6.07) is 7.66. The zero-order chi connectivity index (χ0) is 19.4. The average molecular weight is 390 g/mol. The van der Waals surface area contributed by atoms with Crippen LogP contribution in [-0.2, 0) is 16.1 Å². The smallest absolute Gasteiger partial charge is 0.262 e. The monoisotopic (exact) mass is 389 g/mol. The highest BCUT2D eigenvalue weighted by atomic mass is 32.2. The summed E-state index contributed by atoms with van der Waals surface area (Å²) in [5, 5.41) is 3.89. The van der Waals surface area contributed by atoms with Crippen LogP contribution in [0.1, 0.15) is 40.0 Å². The highest BCUT2D eigenvalue weighted by Gasteiger charge is 2.27. The molecule has 7 heteroatoms. The second kappa shape index (κ2) is 8.89. The van der Waals surface area contributed by atoms with E-state index < -0.39 is 0 Å². The van der Waals surface area contributed by atoms with Gasteiger partial charge in [-0.15, -0.1) is 0 Å². The molecule has 3 rings (SSSR count). The number of benzene rings is 1. The summed E-state index contributed by atoms with van der Waals surface area (Å²) in [5.41, 5.74) is 0.594. The molecule has 1 aliphatic carbocycles. The standard InChI is InChI=1S/C20H27N3O3S/c1-13(2)26-12-6-11-23-19(25)16-7-4-5-8-17(16)22-20(23)27-14(3)18(24)21-15-9-10-15/h4-5,7-8,13-15H,6,9-12H2,1-3H3,(H,21,24)/t14-/m0/s1. The molecule has 1 aliphatic rings. The van der Waals surface area contributed by atoms with Crippen LogP contribution >= 0.6 is 11.8 Å². The molecule has 1 fully saturated rings. The number of para-hydroxylation sites is 1. The Morgan fingerprint density at radius 1 is 1.33 bits per heavy atom. The fourth-order valence-corrected chi connectivity index (χ4v) is 3.68. The zero-order valence-electron chi connectivity index (χ0n) is 16.1. The van der Waals surface area contributed by atoms with E-state index >= 15 is 0 Å². The Hall–Kier alpha value is -1.86. The minimum Gasteiger partial charge on any atom is -0.379 e. The van der Waals surface area contributed by atoms with Crippen LogP contribution in [0.3, 0.4) is 0 Å². The maximum atomic E-state index is 13.0. The molecule has 6 nitrogen and oxygen atoms in total. The van der Waals surface area contributed by atoms with Gasteiger partial charge in [0.2, 0.25) is 5.91 Å². The van der Waals surface area contributed by atoms with Crippen LogP contribution in [0, 0.1) is 0 Å². The fourth-order valence-electron chi connectivity index (χ4n) is 2.73. The second-order valence-corrected chi connectivity index (χ2v) is 8.49. The first-order chi connectivity index (χ1) is 13.0. The molecule has 1 amide bonds. The van der Waals surface area contributed by atoms with E-state index in [0.29, 0.717) is 41.7 Å². The van der Waals surface area contributed by atoms with Crippen molar-refractivity contribution in [3.63, 3.8) is 0 Å². The summed E-state index contributed by atoms with van der Waals surface area (Å²) in [7, 11) is 0. The number of hydrogen-bond acceptors (Lipinski definition) is 5. The van der Waals surface area contributed by atoms with E-state index in [2.05, 4.69) is 10.3 Å². The Morgan fingerprint density at radius 3 is 2.78 bits per heavy atom. The molecule has 1 saturated carbocycles. The molecule has 146 valence electrons. The van der Waals surface area contributed by atoms with Gasteiger partial charge in [-0.2, -0.15) is 0 Å². The molecule has 0 spiro atoms. The lowest BCUT2D eigenvalue weighted by atomic mass is 10.2. The summed E-state index contributed by atoms with van der Waals surface area (Å²) in [6.07, 6.45) is 2.99. The summed E-state index contributed by atoms with van der Waals surface area (Å²) in [6.45, 7) is 6.94. The molecule has 1 aromatic carbocycles. The maximum absolute atomic E-state index is 13.0. The van der Waals surface area contributed by atoms with Crippen molar-refractivity contribution in [2.75, 3.05) is 6.61 Å². The van der Waals surface area contributed by atoms with E-state index in [1.807, 2.05) is 39.0 Å². The fraction of sp³-hybridized carbons (Fsp3) is 0.550. The van der Waals surface area contributed by atoms with E-state index in [-0.39, 0.29) is 22.8 Å². The van der Waals surface area contributed by atoms with Crippen molar-refractivity contribution in [1.82, 2.24) is 14.9 Å². The van der Waals surface area contributed by atoms with Crippen molar-refractivity contribution in [3.05, 3.63) is 34.6 Å². The third-order valence-corrected chi connectivity index (χ3v) is 5.47. The van der Waals surface area contributed by atoms with Gasteiger partial charge in [-0.1, -0.05) is 23.9 Å². The number of carbonyl (C=O) groups excluding carboxylic acids is 1. The molecule has 1 atom stereocenters. The molecular formula is C20H27N3O3S. The van der Waals surface area contributed by atoms with Crippen molar-refractivity contribution < 1.29 is 9.53 Å². The van der Waals surface area contributed by atoms with Crippen LogP contribution < -0.4 is 10.9 Å². The van der Waals surface area contributed by atoms with Crippen LogP contribution in [0.4, 0.5) is 0 Å². The first kappa shape index (κ1) is 19.9. The lowest BCUT2D eigenvalue weighted by Crippen LogP contribution is -2.33. The lowest BCUT2D eigenvalue weighted by Gasteiger charge is -2.16. The Balaban J connectivity index is 1.82. The molecule has 0 bridgehead atoms. The number of nitrogens with zero attached hydrogens (tertiary/aromatic N) is 2. The van der Waals surface area contributed by atoms with Crippen molar-refractivity contribution in [2.45, 2.75) is 69.1 Å². The van der Waals surface area contributed by atoms with Crippen molar-refractivity contribution in [1.29, 1.82) is 0 Å². The van der Waals surface area contributed by atoms with E-state index in [4.69, 9.17) is 4.74 Å². The Morgan fingerprint density at radius 2 is 2.07 bits per heavy atom. The summed E-state index contributed by atoms with van der Waals surface area (Å²) in [5.74, 6) is -0.000372. The van der Waals surface area contributed by atoms with Gasteiger partial charge in [0.15, 0.2) is 5.16 Å². The molecule has 1 N–H and O–H groups in total. The Bertz CT molecular complexity index is 861. The molecule has 27 heavy (non-hydrogen) atoms. The SMILES string of the molecule is CC(C)OCCCn1c(S[C@@H](C)C(=O)NC2CC2)nc2ccccc2c1=O. The molecule has 0 saturated heterocycles. The molecule has 0 radical (unpaired) electrons. The first-order valence-electron chi connectivity index (χ1n) is 9.54. The minimum absolute atomic E-state index is 0.000372. The minimum atomic E-state index is -0.308. The zero-order valence-corrected chi connectivity index (χ0v) is 16.9. The van der Waals surface area contributed by atoms with Gasteiger partial charge >= 0.3 is 0 Å². The van der Waals surface area contributed by atoms with Gasteiger partial charge in [0.25, 0.3) is 5.56 Å². The first-order valence-corrected chi connectivity index (χ1v) is 10.4. The number of fused-ring (bicyclic) bond motifs is 1. The predicted octanol–water partition coefficient (Wildman–Crippen LogP) is 2.97. The molecule has 1 heterocycles. The number of hydrogen-bond donors (Lipinski definition) is 1. The Kier molecular flexibility index (Phi) is 6.55. The van der Waals surface area contributed by atoms with Crippen molar-refractivity contribution in [2.24, 2.45) is 0 Å². The predicted molar refractivity (Wildman–Crippen MR) is 108 cm³/mol. The number of carbonyl (C=O) groups is 1. The second-order valence-electron chi connectivity index (χ2n) is 7.18. The third kappa shape index (κ3) is 5.32. The summed E-state index contributed by atoms with van der Waals surface area (Å²) >= 11 is 1.34. The number of thioether (sulfide) groups is 1. The molecule has 1 aromatic heterocycles. The van der Waals surface area contributed by atoms with E-state index in [0.717, 1.165) is 12.8 Å². The third-order valence-electron chi connectivity index (χ3n) is 4.38. The largest absolute Gasteiger partial charge is 0.379 e. The summed E-state index contributed by atoms with van der Waals surface area (Å²) < 4.78 is 7.27. The quantitative estimate of drug-likeness (QED) is 0.405. The average Bonchev–Trinajstić information content (AvgIpc) is 3.44. The van der Waals surface area contributed by atoms with Crippen LogP contribution in [0.25, 0.3) is 10.9 Å². The van der Waals surface area contributed by atoms with Gasteiger partial charge < -0.3 is 10.1 Å². The number of ether oxygens (including phenoxy) is 1. The van der Waals surface area contributed by atoms with Gasteiger partial charge in [0.05, 0.1) is 22.3 Å². The Labute approximate surface area is 163 Å². The van der Waals surface area contributed by atoms with Gasteiger partial charge in [-0.05, 0) is 52.2 Å². The van der Waals surface area contributed by atoms with Gasteiger partial charge in [0.1, 0.15) is 0 Å². The molecular weight excluding hydrogens is 362 g/mol. The van der Waals surface area contributed by atoms with Crippen LogP contribution in [0.5, 0.6) is 0 Å². The lowest BCUT2D eigenvalue weighted by molar-refractivity contribution is -0.120. The number of aromatic nitrogens is 2. The van der Waals surface area contributed by atoms with E-state index in [1.54, 1.807) is 10.6 Å². The van der Waals surface area contributed by atoms with Crippen LogP contribution in [0.15, 0.2) is 34.2 Å². The van der Waals surface area contributed by atoms with Crippen LogP contribution in [-0.4, -0.2) is 39.5 Å². The van der Waals surface area contributed by atoms with E-state index in [1.165, 1.54) is 11.8 Å². The van der Waals surface area contributed by atoms with Gasteiger partial charge in [-0.25, -0.2) is 4.98 Å². The molecule has 0 unspecified atom stereocenters. The number of nitrogens with one attached hydrogen (secondary N) is 1. The number of amides is 1. The van der Waals surface area contributed by atoms with Gasteiger partial charge in [-0.3, -0.25) is 14.2 Å². The molecule has 0 aliphatic heterocycles. The topological polar surface area (TPSA) is 73.2 Å². The normalized spacial score (nSPS) is 15.3. The van der Waals surface area contributed by atoms with Crippen molar-refractivity contribution in [3.8, 4) is 0 Å². The number of rotatable bonds is 9. The van der Waals surface area contributed by atoms with E-state index in [9.17, 15) is 9.59 Å². The van der Waals surface area contributed by atoms with Crippen LogP contribution in [0.2, 0.25) is 0 Å². The summed E-state index contributed by atoms with van der Waals surface area (Å²) in [4.78, 5) is 30.0. The maximum Gasteiger partial charge on any atom is 0.262 e. The highest BCUT2D eigenvalue weighted by Crippen LogP contribution is 2.25. The van der Waals surface area contributed by atoms with Crippen molar-refractivity contribution >= 4 is 28.6 Å². The molecule has 2 aromatic rings. The van der Waals surface area contributed by atoms with Gasteiger partial charge in [0, 0.05) is 19.2 Å². The highest BCUT2D eigenvalue weighted by molar-refractivity contribution is 8.00.